The number of carboxylic acids is 1. The van der Waals surface area contributed by atoms with E-state index in [0.29, 0.717) is 19.0 Å². The molecule has 0 aromatic carbocycles. The van der Waals surface area contributed by atoms with E-state index in [2.05, 4.69) is 5.92 Å². The zero-order valence-electron chi connectivity index (χ0n) is 11.6. The number of carbonyl (C=O) groups excluding carboxylic acids is 1. The number of aliphatic carboxylic acids is 1. The van der Waals surface area contributed by atoms with Crippen LogP contribution in [0, 0.1) is 24.2 Å². The fourth-order valence-electron chi connectivity index (χ4n) is 1.88. The normalized spacial score (nSPS) is 15.4. The Bertz CT molecular complexity index is 371. The molecule has 1 fully saturated rings. The number of amides is 2. The summed E-state index contributed by atoms with van der Waals surface area (Å²) in [5.41, 5.74) is 0. The minimum absolute atomic E-state index is 0.152. The Morgan fingerprint density at radius 3 is 2.47 bits per heavy atom. The molecule has 0 bridgehead atoms. The van der Waals surface area contributed by atoms with Crippen LogP contribution >= 0.6 is 0 Å². The second-order valence-corrected chi connectivity index (χ2v) is 5.09. The highest BCUT2D eigenvalue weighted by Gasteiger charge is 2.29. The molecule has 5 nitrogen and oxygen atoms in total. The van der Waals surface area contributed by atoms with Crippen LogP contribution in [0.25, 0.3) is 0 Å². The average Bonchev–Trinajstić information content (AvgIpc) is 3.18. The molecule has 0 aromatic rings. The van der Waals surface area contributed by atoms with Gasteiger partial charge in [-0.2, -0.15) is 0 Å². The van der Waals surface area contributed by atoms with Crippen molar-refractivity contribution in [3.05, 3.63) is 0 Å². The van der Waals surface area contributed by atoms with E-state index >= 15 is 0 Å². The van der Waals surface area contributed by atoms with Gasteiger partial charge >= 0.3 is 12.0 Å². The summed E-state index contributed by atoms with van der Waals surface area (Å²) < 4.78 is 0. The van der Waals surface area contributed by atoms with Gasteiger partial charge in [0.2, 0.25) is 0 Å². The summed E-state index contributed by atoms with van der Waals surface area (Å²) in [5, 5.41) is 8.92. The lowest BCUT2D eigenvalue weighted by Crippen LogP contribution is -2.46. The molecule has 0 radical (unpaired) electrons. The van der Waals surface area contributed by atoms with Crippen LogP contribution in [0.5, 0.6) is 0 Å². The van der Waals surface area contributed by atoms with Crippen molar-refractivity contribution in [3.63, 3.8) is 0 Å². The SMILES string of the molecule is C#CCN(CC1CC1)C(=O)N(CC)CC(C)C(=O)O. The zero-order valence-corrected chi connectivity index (χ0v) is 11.6. The molecule has 0 spiro atoms. The molecule has 0 saturated heterocycles. The third kappa shape index (κ3) is 4.82. The largest absolute Gasteiger partial charge is 0.481 e. The van der Waals surface area contributed by atoms with Gasteiger partial charge in [0, 0.05) is 19.6 Å². The standard InChI is InChI=1S/C14H22N2O3/c1-4-8-16(10-12-6-7-12)14(19)15(5-2)9-11(3)13(17)18/h1,11-12H,5-10H2,2-3H3,(H,17,18). The molecule has 1 saturated carbocycles. The zero-order chi connectivity index (χ0) is 14.4. The Hall–Kier alpha value is -1.70. The number of nitrogens with zero attached hydrogens (tertiary/aromatic N) is 2. The van der Waals surface area contributed by atoms with Gasteiger partial charge in [-0.3, -0.25) is 4.79 Å². The Morgan fingerprint density at radius 2 is 2.05 bits per heavy atom. The molecule has 1 unspecified atom stereocenters. The van der Waals surface area contributed by atoms with Crippen molar-refractivity contribution < 1.29 is 14.7 Å². The van der Waals surface area contributed by atoms with E-state index in [1.54, 1.807) is 16.7 Å². The van der Waals surface area contributed by atoms with Crippen molar-refractivity contribution in [2.75, 3.05) is 26.2 Å². The summed E-state index contributed by atoms with van der Waals surface area (Å²) in [6.07, 6.45) is 7.59. The second-order valence-electron chi connectivity index (χ2n) is 5.09. The average molecular weight is 266 g/mol. The molecule has 5 heteroatoms. The Balaban J connectivity index is 2.62. The van der Waals surface area contributed by atoms with Gasteiger partial charge in [0.25, 0.3) is 0 Å². The number of rotatable bonds is 7. The molecule has 1 N–H and O–H groups in total. The van der Waals surface area contributed by atoms with Gasteiger partial charge < -0.3 is 14.9 Å². The summed E-state index contributed by atoms with van der Waals surface area (Å²) in [4.78, 5) is 26.4. The summed E-state index contributed by atoms with van der Waals surface area (Å²) in [6, 6.07) is -0.152. The van der Waals surface area contributed by atoms with Crippen molar-refractivity contribution in [1.82, 2.24) is 9.80 Å². The Labute approximate surface area is 114 Å². The first-order valence-corrected chi connectivity index (χ1v) is 6.69. The molecule has 0 aliphatic heterocycles. The van der Waals surface area contributed by atoms with Crippen LogP contribution in [0.3, 0.4) is 0 Å². The van der Waals surface area contributed by atoms with Gasteiger partial charge in [-0.15, -0.1) is 6.42 Å². The number of urea groups is 1. The summed E-state index contributed by atoms with van der Waals surface area (Å²) in [5.74, 6) is 1.60. The van der Waals surface area contributed by atoms with Gasteiger partial charge in [-0.1, -0.05) is 12.8 Å². The van der Waals surface area contributed by atoms with Crippen molar-refractivity contribution in [1.29, 1.82) is 0 Å². The quantitative estimate of drug-likeness (QED) is 0.710. The minimum Gasteiger partial charge on any atom is -0.481 e. The predicted octanol–water partition coefficient (Wildman–Crippen LogP) is 1.49. The fraction of sp³-hybridized carbons (Fsp3) is 0.714. The molecule has 1 aliphatic rings. The smallest absolute Gasteiger partial charge is 0.320 e. The van der Waals surface area contributed by atoms with Crippen LogP contribution in [0.15, 0.2) is 0 Å². The van der Waals surface area contributed by atoms with Gasteiger partial charge in [-0.05, 0) is 25.7 Å². The predicted molar refractivity (Wildman–Crippen MR) is 72.6 cm³/mol. The lowest BCUT2D eigenvalue weighted by atomic mass is 10.2. The second kappa shape index (κ2) is 7.03. The number of carbonyl (C=O) groups is 2. The van der Waals surface area contributed by atoms with Crippen LogP contribution in [0.2, 0.25) is 0 Å². The first-order valence-electron chi connectivity index (χ1n) is 6.69. The molecule has 0 aromatic heterocycles. The molecule has 2 amide bonds. The first-order chi connectivity index (χ1) is 8.99. The summed E-state index contributed by atoms with van der Waals surface area (Å²) in [6.45, 7) is 5.12. The number of carboxylic acid groups (broad SMARTS) is 1. The molecule has 0 heterocycles. The maximum Gasteiger partial charge on any atom is 0.320 e. The maximum absolute atomic E-state index is 12.3. The number of hydrogen-bond acceptors (Lipinski definition) is 2. The molecular formula is C14H22N2O3. The third-order valence-electron chi connectivity index (χ3n) is 3.30. The molecule has 106 valence electrons. The van der Waals surface area contributed by atoms with Crippen LogP contribution in [-0.4, -0.2) is 53.1 Å². The first kappa shape index (κ1) is 15.4. The Kier molecular flexibility index (Phi) is 5.68. The van der Waals surface area contributed by atoms with E-state index in [1.807, 2.05) is 6.92 Å². The van der Waals surface area contributed by atoms with Crippen LogP contribution < -0.4 is 0 Å². The lowest BCUT2D eigenvalue weighted by Gasteiger charge is -2.30. The van der Waals surface area contributed by atoms with E-state index in [9.17, 15) is 9.59 Å². The van der Waals surface area contributed by atoms with E-state index in [4.69, 9.17) is 11.5 Å². The molecule has 1 atom stereocenters. The highest BCUT2D eigenvalue weighted by Crippen LogP contribution is 2.29. The van der Waals surface area contributed by atoms with Crippen LogP contribution in [0.1, 0.15) is 26.7 Å². The number of terminal acetylenes is 1. The summed E-state index contributed by atoms with van der Waals surface area (Å²) >= 11 is 0. The maximum atomic E-state index is 12.3. The third-order valence-corrected chi connectivity index (χ3v) is 3.30. The fourth-order valence-corrected chi connectivity index (χ4v) is 1.88. The minimum atomic E-state index is -0.892. The highest BCUT2D eigenvalue weighted by molar-refractivity contribution is 5.76. The van der Waals surface area contributed by atoms with Crippen molar-refractivity contribution in [2.45, 2.75) is 26.7 Å². The van der Waals surface area contributed by atoms with Crippen molar-refractivity contribution in [3.8, 4) is 12.3 Å². The van der Waals surface area contributed by atoms with E-state index in [-0.39, 0.29) is 19.1 Å². The topological polar surface area (TPSA) is 60.9 Å². The Morgan fingerprint density at radius 1 is 1.42 bits per heavy atom. The van der Waals surface area contributed by atoms with Gasteiger partial charge in [0.1, 0.15) is 0 Å². The van der Waals surface area contributed by atoms with Gasteiger partial charge in [-0.25, -0.2) is 4.79 Å². The monoisotopic (exact) mass is 266 g/mol. The molecule has 1 aliphatic carbocycles. The van der Waals surface area contributed by atoms with Gasteiger partial charge in [0.05, 0.1) is 12.5 Å². The van der Waals surface area contributed by atoms with E-state index < -0.39 is 11.9 Å². The molecular weight excluding hydrogens is 244 g/mol. The van der Waals surface area contributed by atoms with E-state index in [1.165, 1.54) is 0 Å². The molecule has 1 rings (SSSR count). The molecule has 19 heavy (non-hydrogen) atoms. The number of hydrogen-bond donors (Lipinski definition) is 1. The van der Waals surface area contributed by atoms with Crippen molar-refractivity contribution in [2.24, 2.45) is 11.8 Å². The summed E-state index contributed by atoms with van der Waals surface area (Å²) in [7, 11) is 0. The highest BCUT2D eigenvalue weighted by atomic mass is 16.4. The lowest BCUT2D eigenvalue weighted by molar-refractivity contribution is -0.141. The van der Waals surface area contributed by atoms with Crippen LogP contribution in [-0.2, 0) is 4.79 Å². The van der Waals surface area contributed by atoms with Crippen molar-refractivity contribution >= 4 is 12.0 Å². The van der Waals surface area contributed by atoms with Gasteiger partial charge in [0.15, 0.2) is 0 Å². The van der Waals surface area contributed by atoms with E-state index in [0.717, 1.165) is 12.8 Å². The van der Waals surface area contributed by atoms with Crippen LogP contribution in [0.4, 0.5) is 4.79 Å².